The van der Waals surface area contributed by atoms with E-state index in [2.05, 4.69) is 28.1 Å². The van der Waals surface area contributed by atoms with Gasteiger partial charge in [0.1, 0.15) is 0 Å². The molecule has 4 nitrogen and oxygen atoms in total. The molecule has 0 atom stereocenters. The van der Waals surface area contributed by atoms with Gasteiger partial charge in [0.15, 0.2) is 0 Å². The lowest BCUT2D eigenvalue weighted by atomic mass is 10.1. The van der Waals surface area contributed by atoms with Gasteiger partial charge in [0, 0.05) is 4.90 Å². The molecule has 5 heteroatoms. The first kappa shape index (κ1) is 11.4. The highest BCUT2D eigenvalue weighted by Crippen LogP contribution is 2.32. The summed E-state index contributed by atoms with van der Waals surface area (Å²) in [7, 11) is 3.79. The van der Waals surface area contributed by atoms with Crippen molar-refractivity contribution in [3.63, 3.8) is 0 Å². The Morgan fingerprint density at radius 2 is 2.12 bits per heavy atom. The van der Waals surface area contributed by atoms with Gasteiger partial charge in [0.2, 0.25) is 5.91 Å². The van der Waals surface area contributed by atoms with Gasteiger partial charge in [-0.2, -0.15) is 0 Å². The van der Waals surface area contributed by atoms with Gasteiger partial charge < -0.3 is 16.0 Å². The predicted molar refractivity (Wildman–Crippen MR) is 66.7 cm³/mol. The number of thioether (sulfide) groups is 1. The third-order valence-electron chi connectivity index (χ3n) is 2.55. The normalized spacial score (nSPS) is 14.8. The van der Waals surface area contributed by atoms with Crippen molar-refractivity contribution < 1.29 is 4.79 Å². The number of benzene rings is 1. The molecule has 0 bridgehead atoms. The molecule has 86 valence electrons. The van der Waals surface area contributed by atoms with Crippen LogP contribution in [0.1, 0.15) is 11.7 Å². The number of carbonyl (C=O) groups excluding carboxylic acids is 1. The number of fused-ring (bicyclic) bond motifs is 1. The van der Waals surface area contributed by atoms with Crippen LogP contribution < -0.4 is 16.0 Å². The maximum absolute atomic E-state index is 11.3. The summed E-state index contributed by atoms with van der Waals surface area (Å²) in [6, 6.07) is 6.13. The van der Waals surface area contributed by atoms with Crippen molar-refractivity contribution in [2.75, 3.05) is 25.2 Å². The molecule has 1 aliphatic rings. The van der Waals surface area contributed by atoms with Crippen LogP contribution in [0.4, 0.5) is 5.69 Å². The van der Waals surface area contributed by atoms with E-state index in [0.29, 0.717) is 5.75 Å². The van der Waals surface area contributed by atoms with Gasteiger partial charge >= 0.3 is 0 Å². The van der Waals surface area contributed by atoms with Crippen LogP contribution in [0.15, 0.2) is 23.1 Å². The Morgan fingerprint density at radius 3 is 2.81 bits per heavy atom. The van der Waals surface area contributed by atoms with Gasteiger partial charge in [-0.1, -0.05) is 6.07 Å². The van der Waals surface area contributed by atoms with Crippen LogP contribution in [-0.2, 0) is 4.79 Å². The molecule has 1 aliphatic heterocycles. The topological polar surface area (TPSA) is 53.2 Å². The average Bonchev–Trinajstić information content (AvgIpc) is 2.30. The molecule has 0 radical (unpaired) electrons. The third-order valence-corrected chi connectivity index (χ3v) is 3.62. The molecule has 0 unspecified atom stereocenters. The zero-order valence-corrected chi connectivity index (χ0v) is 10.1. The summed E-state index contributed by atoms with van der Waals surface area (Å²) in [5.41, 5.74) is 2.03. The minimum atomic E-state index is 0.0696. The van der Waals surface area contributed by atoms with E-state index in [0.717, 1.165) is 16.1 Å². The highest BCUT2D eigenvalue weighted by Gasteiger charge is 2.17. The van der Waals surface area contributed by atoms with E-state index in [1.165, 1.54) is 0 Å². The van der Waals surface area contributed by atoms with Crippen molar-refractivity contribution in [1.82, 2.24) is 10.6 Å². The second-order valence-electron chi connectivity index (χ2n) is 3.60. The van der Waals surface area contributed by atoms with Crippen LogP contribution in [0.25, 0.3) is 0 Å². The van der Waals surface area contributed by atoms with Gasteiger partial charge in [-0.15, -0.1) is 11.8 Å². The lowest BCUT2D eigenvalue weighted by molar-refractivity contribution is -0.113. The summed E-state index contributed by atoms with van der Waals surface area (Å²) in [4.78, 5) is 12.4. The zero-order chi connectivity index (χ0) is 11.5. The van der Waals surface area contributed by atoms with Gasteiger partial charge in [-0.05, 0) is 31.8 Å². The standard InChI is InChI=1S/C11H15N3OS/c1-12-11(13-2)7-3-4-9-8(5-7)14-10(15)6-16-9/h3-5,11-13H,6H2,1-2H3,(H,14,15). The number of nitrogens with one attached hydrogen (secondary N) is 3. The fraction of sp³-hybridized carbons (Fsp3) is 0.364. The lowest BCUT2D eigenvalue weighted by Crippen LogP contribution is -2.29. The number of anilines is 1. The van der Waals surface area contributed by atoms with E-state index in [4.69, 9.17) is 0 Å². The summed E-state index contributed by atoms with van der Waals surface area (Å²) < 4.78 is 0. The van der Waals surface area contributed by atoms with Crippen LogP contribution in [0.5, 0.6) is 0 Å². The molecule has 1 aromatic rings. The zero-order valence-electron chi connectivity index (χ0n) is 9.33. The Morgan fingerprint density at radius 1 is 1.38 bits per heavy atom. The number of rotatable bonds is 3. The molecular weight excluding hydrogens is 222 g/mol. The monoisotopic (exact) mass is 237 g/mol. The van der Waals surface area contributed by atoms with Crippen molar-refractivity contribution in [1.29, 1.82) is 0 Å². The Balaban J connectivity index is 2.30. The van der Waals surface area contributed by atoms with Crippen LogP contribution in [0.3, 0.4) is 0 Å². The van der Waals surface area contributed by atoms with E-state index in [9.17, 15) is 4.79 Å². The molecular formula is C11H15N3OS. The molecule has 0 fully saturated rings. The average molecular weight is 237 g/mol. The van der Waals surface area contributed by atoms with Gasteiger partial charge in [-0.3, -0.25) is 4.79 Å². The van der Waals surface area contributed by atoms with Crippen LogP contribution >= 0.6 is 11.8 Å². The minimum absolute atomic E-state index is 0.0696. The number of amides is 1. The summed E-state index contributed by atoms with van der Waals surface area (Å²) in [5.74, 6) is 0.577. The number of carbonyl (C=O) groups is 1. The summed E-state index contributed by atoms with van der Waals surface area (Å²) >= 11 is 1.58. The van der Waals surface area contributed by atoms with Crippen LogP contribution in [0, 0.1) is 0 Å². The van der Waals surface area contributed by atoms with E-state index in [-0.39, 0.29) is 12.1 Å². The summed E-state index contributed by atoms with van der Waals surface area (Å²) in [6.07, 6.45) is 0.106. The molecule has 1 heterocycles. The molecule has 0 aromatic heterocycles. The number of hydrogen-bond donors (Lipinski definition) is 3. The molecule has 0 aliphatic carbocycles. The fourth-order valence-corrected chi connectivity index (χ4v) is 2.55. The second-order valence-corrected chi connectivity index (χ2v) is 4.62. The van der Waals surface area contributed by atoms with E-state index < -0.39 is 0 Å². The smallest absolute Gasteiger partial charge is 0.234 e. The molecule has 1 amide bonds. The summed E-state index contributed by atoms with van der Waals surface area (Å²) in [5, 5.41) is 9.20. The van der Waals surface area contributed by atoms with Crippen molar-refractivity contribution in [3.8, 4) is 0 Å². The largest absolute Gasteiger partial charge is 0.324 e. The molecule has 0 spiro atoms. The van der Waals surface area contributed by atoms with E-state index >= 15 is 0 Å². The highest BCUT2D eigenvalue weighted by molar-refractivity contribution is 8.00. The van der Waals surface area contributed by atoms with E-state index in [1.807, 2.05) is 20.2 Å². The second kappa shape index (κ2) is 4.86. The highest BCUT2D eigenvalue weighted by atomic mass is 32.2. The van der Waals surface area contributed by atoms with Crippen LogP contribution in [0.2, 0.25) is 0 Å². The van der Waals surface area contributed by atoms with Gasteiger partial charge in [0.25, 0.3) is 0 Å². The first-order chi connectivity index (χ1) is 7.74. The van der Waals surface area contributed by atoms with Crippen molar-refractivity contribution in [3.05, 3.63) is 23.8 Å². The van der Waals surface area contributed by atoms with Crippen LogP contribution in [-0.4, -0.2) is 25.8 Å². The van der Waals surface area contributed by atoms with Gasteiger partial charge in [0.05, 0.1) is 17.6 Å². The lowest BCUT2D eigenvalue weighted by Gasteiger charge is -2.20. The summed E-state index contributed by atoms with van der Waals surface area (Å²) in [6.45, 7) is 0. The molecule has 2 rings (SSSR count). The maximum Gasteiger partial charge on any atom is 0.234 e. The Bertz CT molecular complexity index is 404. The fourth-order valence-electron chi connectivity index (χ4n) is 1.76. The number of hydrogen-bond acceptors (Lipinski definition) is 4. The first-order valence-electron chi connectivity index (χ1n) is 5.15. The Hall–Kier alpha value is -1.04. The van der Waals surface area contributed by atoms with Crippen molar-refractivity contribution in [2.45, 2.75) is 11.1 Å². The molecule has 1 aromatic carbocycles. The van der Waals surface area contributed by atoms with Crippen molar-refractivity contribution in [2.24, 2.45) is 0 Å². The van der Waals surface area contributed by atoms with Gasteiger partial charge in [-0.25, -0.2) is 0 Å². The predicted octanol–water partition coefficient (Wildman–Crippen LogP) is 1.17. The maximum atomic E-state index is 11.3. The quantitative estimate of drug-likeness (QED) is 0.691. The molecule has 3 N–H and O–H groups in total. The first-order valence-corrected chi connectivity index (χ1v) is 6.14. The molecule has 16 heavy (non-hydrogen) atoms. The van der Waals surface area contributed by atoms with Crippen molar-refractivity contribution >= 4 is 23.4 Å². The Kier molecular flexibility index (Phi) is 3.48. The Labute approximate surface area is 99.2 Å². The minimum Gasteiger partial charge on any atom is -0.324 e. The third kappa shape index (κ3) is 2.21. The molecule has 0 saturated heterocycles. The molecule has 0 saturated carbocycles. The SMILES string of the molecule is CNC(NC)c1ccc2c(c1)NC(=O)CS2. The van der Waals surface area contributed by atoms with E-state index in [1.54, 1.807) is 11.8 Å².